The number of carbonyl (C=O) groups is 1. The lowest BCUT2D eigenvalue weighted by Gasteiger charge is -2.13. The van der Waals surface area contributed by atoms with Crippen molar-refractivity contribution >= 4 is 5.97 Å². The highest BCUT2D eigenvalue weighted by Crippen LogP contribution is 2.19. The van der Waals surface area contributed by atoms with Gasteiger partial charge in [0.05, 0.1) is 0 Å². The molecule has 0 rings (SSSR count). The molecule has 66 valence electrons. The van der Waals surface area contributed by atoms with Gasteiger partial charge < -0.3 is 5.11 Å². The SMILES string of the molecule is CCCCCC(C)(F)C(=O)O. The van der Waals surface area contributed by atoms with E-state index in [0.29, 0.717) is 6.42 Å². The molecule has 0 aromatic carbocycles. The lowest BCUT2D eigenvalue weighted by atomic mass is 10.0. The van der Waals surface area contributed by atoms with Gasteiger partial charge in [0.1, 0.15) is 0 Å². The van der Waals surface area contributed by atoms with Gasteiger partial charge in [-0.25, -0.2) is 9.18 Å². The smallest absolute Gasteiger partial charge is 0.341 e. The number of carboxylic acid groups (broad SMARTS) is 1. The molecule has 0 saturated carbocycles. The molecule has 0 aliphatic rings. The Labute approximate surface area is 66.4 Å². The molecule has 1 N–H and O–H groups in total. The van der Waals surface area contributed by atoms with Gasteiger partial charge in [0.15, 0.2) is 0 Å². The molecule has 0 aliphatic heterocycles. The summed E-state index contributed by atoms with van der Waals surface area (Å²) in [6.07, 6.45) is 2.65. The first-order valence-electron chi connectivity index (χ1n) is 3.93. The fourth-order valence-electron chi connectivity index (χ4n) is 0.814. The molecular weight excluding hydrogens is 147 g/mol. The molecule has 0 radical (unpaired) electrons. The van der Waals surface area contributed by atoms with Gasteiger partial charge in [-0.3, -0.25) is 0 Å². The molecule has 0 aliphatic carbocycles. The Morgan fingerprint density at radius 1 is 1.55 bits per heavy atom. The van der Waals surface area contributed by atoms with Gasteiger partial charge in [0.2, 0.25) is 5.67 Å². The van der Waals surface area contributed by atoms with E-state index in [-0.39, 0.29) is 6.42 Å². The van der Waals surface area contributed by atoms with Gasteiger partial charge in [0.25, 0.3) is 0 Å². The number of hydrogen-bond acceptors (Lipinski definition) is 1. The minimum absolute atomic E-state index is 0.121. The average molecular weight is 162 g/mol. The largest absolute Gasteiger partial charge is 0.479 e. The van der Waals surface area contributed by atoms with Gasteiger partial charge >= 0.3 is 5.97 Å². The maximum absolute atomic E-state index is 12.9. The maximum atomic E-state index is 12.9. The van der Waals surface area contributed by atoms with E-state index in [1.54, 1.807) is 0 Å². The Balaban J connectivity index is 3.64. The van der Waals surface area contributed by atoms with Gasteiger partial charge in [-0.05, 0) is 19.8 Å². The molecule has 0 fully saturated rings. The predicted molar refractivity (Wildman–Crippen MR) is 41.3 cm³/mol. The van der Waals surface area contributed by atoms with Crippen molar-refractivity contribution in [3.63, 3.8) is 0 Å². The van der Waals surface area contributed by atoms with Crippen LogP contribution in [0, 0.1) is 0 Å². The third-order valence-electron chi connectivity index (χ3n) is 1.70. The molecule has 0 saturated heterocycles. The quantitative estimate of drug-likeness (QED) is 0.630. The predicted octanol–water partition coefficient (Wildman–Crippen LogP) is 2.38. The summed E-state index contributed by atoms with van der Waals surface area (Å²) in [5, 5.41) is 8.37. The molecule has 11 heavy (non-hydrogen) atoms. The Morgan fingerprint density at radius 3 is 2.45 bits per heavy atom. The van der Waals surface area contributed by atoms with Crippen LogP contribution in [0.15, 0.2) is 0 Å². The maximum Gasteiger partial charge on any atom is 0.341 e. The highest BCUT2D eigenvalue weighted by atomic mass is 19.1. The highest BCUT2D eigenvalue weighted by molar-refractivity contribution is 5.76. The summed E-state index contributed by atoms with van der Waals surface area (Å²) in [7, 11) is 0. The summed E-state index contributed by atoms with van der Waals surface area (Å²) >= 11 is 0. The van der Waals surface area contributed by atoms with Crippen molar-refractivity contribution in [3.05, 3.63) is 0 Å². The fraction of sp³-hybridized carbons (Fsp3) is 0.875. The van der Waals surface area contributed by atoms with Gasteiger partial charge in [-0.2, -0.15) is 0 Å². The van der Waals surface area contributed by atoms with Crippen molar-refractivity contribution in [2.75, 3.05) is 0 Å². The molecule has 0 amide bonds. The second-order valence-electron chi connectivity index (χ2n) is 2.96. The van der Waals surface area contributed by atoms with Crippen LogP contribution in [0.2, 0.25) is 0 Å². The second-order valence-corrected chi connectivity index (χ2v) is 2.96. The van der Waals surface area contributed by atoms with E-state index in [1.807, 2.05) is 6.92 Å². The van der Waals surface area contributed by atoms with Crippen LogP contribution in [0.1, 0.15) is 39.5 Å². The third-order valence-corrected chi connectivity index (χ3v) is 1.70. The fourth-order valence-corrected chi connectivity index (χ4v) is 0.814. The topological polar surface area (TPSA) is 37.3 Å². The average Bonchev–Trinajstić information content (AvgIpc) is 1.88. The summed E-state index contributed by atoms with van der Waals surface area (Å²) in [5.74, 6) is -1.35. The summed E-state index contributed by atoms with van der Waals surface area (Å²) < 4.78 is 12.9. The molecule has 3 heteroatoms. The molecule has 2 nitrogen and oxygen atoms in total. The normalized spacial score (nSPS) is 15.9. The number of carboxylic acids is 1. The first-order chi connectivity index (χ1) is 5.00. The summed E-state index contributed by atoms with van der Waals surface area (Å²) in [4.78, 5) is 10.2. The van der Waals surface area contributed by atoms with E-state index in [2.05, 4.69) is 0 Å². The first-order valence-corrected chi connectivity index (χ1v) is 3.93. The molecule has 1 atom stereocenters. The van der Waals surface area contributed by atoms with Crippen molar-refractivity contribution in [3.8, 4) is 0 Å². The molecule has 1 unspecified atom stereocenters. The van der Waals surface area contributed by atoms with Gasteiger partial charge in [-0.1, -0.05) is 19.8 Å². The van der Waals surface area contributed by atoms with Gasteiger partial charge in [-0.15, -0.1) is 0 Å². The first kappa shape index (κ1) is 10.4. The van der Waals surface area contributed by atoms with Crippen LogP contribution >= 0.6 is 0 Å². The Hall–Kier alpha value is -0.600. The molecule has 0 bridgehead atoms. The van der Waals surface area contributed by atoms with E-state index < -0.39 is 11.6 Å². The minimum Gasteiger partial charge on any atom is -0.479 e. The lowest BCUT2D eigenvalue weighted by molar-refractivity contribution is -0.150. The summed E-state index contributed by atoms with van der Waals surface area (Å²) in [5.41, 5.74) is -2.03. The van der Waals surface area contributed by atoms with Crippen LogP contribution in [-0.4, -0.2) is 16.7 Å². The Kier molecular flexibility index (Phi) is 4.08. The van der Waals surface area contributed by atoms with Crippen molar-refractivity contribution in [1.29, 1.82) is 0 Å². The minimum atomic E-state index is -2.03. The van der Waals surface area contributed by atoms with E-state index in [1.165, 1.54) is 0 Å². The number of rotatable bonds is 5. The number of halogens is 1. The highest BCUT2D eigenvalue weighted by Gasteiger charge is 2.31. The Bertz CT molecular complexity index is 132. The van der Waals surface area contributed by atoms with Crippen LogP contribution in [0.3, 0.4) is 0 Å². The molecule has 0 heterocycles. The lowest BCUT2D eigenvalue weighted by Crippen LogP contribution is -2.29. The van der Waals surface area contributed by atoms with Crippen LogP contribution in [0.25, 0.3) is 0 Å². The van der Waals surface area contributed by atoms with Crippen molar-refractivity contribution in [2.45, 2.75) is 45.2 Å². The zero-order chi connectivity index (χ0) is 8.91. The van der Waals surface area contributed by atoms with E-state index in [9.17, 15) is 9.18 Å². The van der Waals surface area contributed by atoms with E-state index in [4.69, 9.17) is 5.11 Å². The molecule has 0 spiro atoms. The van der Waals surface area contributed by atoms with Crippen molar-refractivity contribution < 1.29 is 14.3 Å². The van der Waals surface area contributed by atoms with Crippen LogP contribution in [0.4, 0.5) is 4.39 Å². The molecule has 0 aromatic rings. The summed E-state index contributed by atoms with van der Waals surface area (Å²) in [6, 6.07) is 0. The van der Waals surface area contributed by atoms with Crippen LogP contribution < -0.4 is 0 Å². The number of aliphatic carboxylic acids is 1. The van der Waals surface area contributed by atoms with Crippen LogP contribution in [0.5, 0.6) is 0 Å². The van der Waals surface area contributed by atoms with Crippen LogP contribution in [-0.2, 0) is 4.79 Å². The van der Waals surface area contributed by atoms with Crippen molar-refractivity contribution in [1.82, 2.24) is 0 Å². The third kappa shape index (κ3) is 3.96. The standard InChI is InChI=1S/C8H15FO2/c1-3-4-5-6-8(2,9)7(10)11/h3-6H2,1-2H3,(H,10,11). The van der Waals surface area contributed by atoms with Crippen molar-refractivity contribution in [2.24, 2.45) is 0 Å². The zero-order valence-electron chi connectivity index (χ0n) is 7.06. The second kappa shape index (κ2) is 4.31. The zero-order valence-corrected chi connectivity index (χ0v) is 7.06. The number of unbranched alkanes of at least 4 members (excludes halogenated alkanes) is 2. The molecular formula is C8H15FO2. The molecule has 0 aromatic heterocycles. The van der Waals surface area contributed by atoms with E-state index >= 15 is 0 Å². The summed E-state index contributed by atoms with van der Waals surface area (Å²) in [6.45, 7) is 3.11. The number of alkyl halides is 1. The monoisotopic (exact) mass is 162 g/mol. The Morgan fingerprint density at radius 2 is 2.09 bits per heavy atom. The van der Waals surface area contributed by atoms with Gasteiger partial charge in [0, 0.05) is 0 Å². The van der Waals surface area contributed by atoms with E-state index in [0.717, 1.165) is 19.8 Å². The number of hydrogen-bond donors (Lipinski definition) is 1.